The highest BCUT2D eigenvalue weighted by Gasteiger charge is 2.28. The van der Waals surface area contributed by atoms with Crippen LogP contribution >= 0.6 is 0 Å². The molecule has 0 aromatic carbocycles. The van der Waals surface area contributed by atoms with Crippen LogP contribution in [0.2, 0.25) is 0 Å². The van der Waals surface area contributed by atoms with Gasteiger partial charge in [0.15, 0.2) is 0 Å². The van der Waals surface area contributed by atoms with Gasteiger partial charge in [-0.15, -0.1) is 10.2 Å². The van der Waals surface area contributed by atoms with Crippen LogP contribution in [0.5, 0.6) is 0 Å². The van der Waals surface area contributed by atoms with E-state index < -0.39 is 0 Å². The minimum absolute atomic E-state index is 0.0975. The predicted octanol–water partition coefficient (Wildman–Crippen LogP) is 2.35. The van der Waals surface area contributed by atoms with E-state index in [9.17, 15) is 4.79 Å². The second-order valence-electron chi connectivity index (χ2n) is 6.87. The Morgan fingerprint density at radius 1 is 1.21 bits per heavy atom. The molecule has 1 saturated heterocycles. The van der Waals surface area contributed by atoms with E-state index in [0.717, 1.165) is 45.4 Å². The van der Waals surface area contributed by atoms with Crippen molar-refractivity contribution in [1.29, 1.82) is 0 Å². The molecule has 1 aromatic heterocycles. The van der Waals surface area contributed by atoms with E-state index in [4.69, 9.17) is 4.42 Å². The van der Waals surface area contributed by atoms with Crippen LogP contribution in [-0.4, -0.2) is 58.2 Å². The Balaban J connectivity index is 1.47. The fourth-order valence-corrected chi connectivity index (χ4v) is 3.56. The molecule has 134 valence electrons. The second-order valence-corrected chi connectivity index (χ2v) is 6.87. The molecule has 0 spiro atoms. The zero-order chi connectivity index (χ0) is 16.9. The van der Waals surface area contributed by atoms with Crippen molar-refractivity contribution >= 4 is 6.03 Å². The number of urea groups is 1. The Morgan fingerprint density at radius 2 is 1.92 bits per heavy atom. The van der Waals surface area contributed by atoms with Gasteiger partial charge in [-0.25, -0.2) is 4.79 Å². The zero-order valence-electron chi connectivity index (χ0n) is 14.8. The molecule has 0 unspecified atom stereocenters. The maximum atomic E-state index is 12.4. The molecule has 1 aliphatic carbocycles. The lowest BCUT2D eigenvalue weighted by atomic mass is 9.96. The highest BCUT2D eigenvalue weighted by molar-refractivity contribution is 5.74. The summed E-state index contributed by atoms with van der Waals surface area (Å²) in [5.74, 6) is 1.36. The van der Waals surface area contributed by atoms with Gasteiger partial charge in [-0.1, -0.05) is 26.2 Å². The molecule has 1 atom stereocenters. The van der Waals surface area contributed by atoms with Crippen molar-refractivity contribution in [3.05, 3.63) is 11.8 Å². The van der Waals surface area contributed by atoms with Crippen LogP contribution in [0.1, 0.15) is 63.8 Å². The molecule has 7 nitrogen and oxygen atoms in total. The first kappa shape index (κ1) is 17.2. The quantitative estimate of drug-likeness (QED) is 0.914. The molecule has 3 rings (SSSR count). The minimum Gasteiger partial charge on any atom is -0.424 e. The number of carbonyl (C=O) groups excluding carboxylic acids is 1. The van der Waals surface area contributed by atoms with E-state index >= 15 is 0 Å². The third kappa shape index (κ3) is 4.06. The largest absolute Gasteiger partial charge is 0.424 e. The summed E-state index contributed by atoms with van der Waals surface area (Å²) in [4.78, 5) is 16.6. The first-order chi connectivity index (χ1) is 11.7. The number of aromatic nitrogens is 2. The summed E-state index contributed by atoms with van der Waals surface area (Å²) in [6.07, 6.45) is 6.78. The van der Waals surface area contributed by atoms with Crippen molar-refractivity contribution < 1.29 is 9.21 Å². The number of carbonyl (C=O) groups is 1. The van der Waals surface area contributed by atoms with Gasteiger partial charge >= 0.3 is 6.03 Å². The molecule has 2 amide bonds. The fraction of sp³-hybridized carbons (Fsp3) is 0.824. The first-order valence-electron chi connectivity index (χ1n) is 9.29. The van der Waals surface area contributed by atoms with Crippen LogP contribution in [0.3, 0.4) is 0 Å². The molecule has 1 N–H and O–H groups in total. The van der Waals surface area contributed by atoms with Gasteiger partial charge in [0.1, 0.15) is 0 Å². The van der Waals surface area contributed by atoms with Crippen LogP contribution in [0, 0.1) is 0 Å². The van der Waals surface area contributed by atoms with Gasteiger partial charge in [-0.05, 0) is 19.8 Å². The molecular weight excluding hydrogens is 306 g/mol. The van der Waals surface area contributed by atoms with Gasteiger partial charge in [-0.3, -0.25) is 4.90 Å². The van der Waals surface area contributed by atoms with Crippen molar-refractivity contribution in [2.24, 2.45) is 0 Å². The Hall–Kier alpha value is -1.63. The summed E-state index contributed by atoms with van der Waals surface area (Å²) in [5.41, 5.74) is 0. The molecule has 24 heavy (non-hydrogen) atoms. The lowest BCUT2D eigenvalue weighted by Crippen LogP contribution is -2.54. The van der Waals surface area contributed by atoms with Crippen LogP contribution < -0.4 is 5.32 Å². The second kappa shape index (κ2) is 7.96. The average molecular weight is 335 g/mol. The lowest BCUT2D eigenvalue weighted by molar-refractivity contribution is 0.101. The normalized spacial score (nSPS) is 21.7. The average Bonchev–Trinajstić information content (AvgIpc) is 3.11. The molecule has 1 aromatic rings. The standard InChI is InChI=1S/C17H29N5O2/c1-3-15-19-20-16(24-15)13(2)21-9-11-22(12-10-21)17(23)18-14-7-5-4-6-8-14/h13-14H,3-12H2,1-2H3,(H,18,23)/t13-/m1/s1. The summed E-state index contributed by atoms with van der Waals surface area (Å²) in [5, 5.41) is 11.4. The number of aryl methyl sites for hydroxylation is 1. The summed E-state index contributed by atoms with van der Waals surface area (Å²) >= 11 is 0. The number of amides is 2. The minimum atomic E-state index is 0.0975. The summed E-state index contributed by atoms with van der Waals surface area (Å²) in [6, 6.07) is 0.565. The van der Waals surface area contributed by atoms with E-state index in [1.807, 2.05) is 11.8 Å². The van der Waals surface area contributed by atoms with E-state index in [2.05, 4.69) is 27.3 Å². The van der Waals surface area contributed by atoms with Crippen LogP contribution in [-0.2, 0) is 6.42 Å². The molecule has 7 heteroatoms. The number of rotatable bonds is 4. The molecule has 2 heterocycles. The van der Waals surface area contributed by atoms with Crippen molar-refractivity contribution in [3.8, 4) is 0 Å². The number of hydrogen-bond acceptors (Lipinski definition) is 5. The maximum absolute atomic E-state index is 12.4. The monoisotopic (exact) mass is 335 g/mol. The topological polar surface area (TPSA) is 74.5 Å². The lowest BCUT2D eigenvalue weighted by Gasteiger charge is -2.37. The number of piperazine rings is 1. The molecule has 1 saturated carbocycles. The van der Waals surface area contributed by atoms with Gasteiger partial charge in [-0.2, -0.15) is 0 Å². The predicted molar refractivity (Wildman–Crippen MR) is 90.6 cm³/mol. The van der Waals surface area contributed by atoms with Crippen molar-refractivity contribution in [2.45, 2.75) is 64.5 Å². The van der Waals surface area contributed by atoms with Gasteiger partial charge in [0.2, 0.25) is 11.8 Å². The highest BCUT2D eigenvalue weighted by atomic mass is 16.4. The van der Waals surface area contributed by atoms with E-state index in [1.54, 1.807) is 0 Å². The SMILES string of the molecule is CCc1nnc([C@@H](C)N2CCN(C(=O)NC3CCCCC3)CC2)o1. The van der Waals surface area contributed by atoms with Gasteiger partial charge in [0.25, 0.3) is 0 Å². The van der Waals surface area contributed by atoms with Crippen LogP contribution in [0.25, 0.3) is 0 Å². The van der Waals surface area contributed by atoms with Crippen LogP contribution in [0.15, 0.2) is 4.42 Å². The highest BCUT2D eigenvalue weighted by Crippen LogP contribution is 2.21. The van der Waals surface area contributed by atoms with Gasteiger partial charge < -0.3 is 14.6 Å². The summed E-state index contributed by atoms with van der Waals surface area (Å²) < 4.78 is 5.67. The third-order valence-corrected chi connectivity index (χ3v) is 5.22. The van der Waals surface area contributed by atoms with E-state index in [0.29, 0.717) is 17.8 Å². The van der Waals surface area contributed by atoms with Crippen molar-refractivity contribution in [1.82, 2.24) is 25.3 Å². The fourth-order valence-electron chi connectivity index (χ4n) is 3.56. The summed E-state index contributed by atoms with van der Waals surface area (Å²) in [6.45, 7) is 7.26. The number of nitrogens with zero attached hydrogens (tertiary/aromatic N) is 4. The molecule has 0 bridgehead atoms. The third-order valence-electron chi connectivity index (χ3n) is 5.22. The first-order valence-corrected chi connectivity index (χ1v) is 9.29. The Labute approximate surface area is 143 Å². The Bertz CT molecular complexity index is 533. The molecule has 2 aliphatic rings. The van der Waals surface area contributed by atoms with Crippen molar-refractivity contribution in [2.75, 3.05) is 26.2 Å². The Morgan fingerprint density at radius 3 is 2.54 bits per heavy atom. The number of nitrogens with one attached hydrogen (secondary N) is 1. The molecule has 0 radical (unpaired) electrons. The Kier molecular flexibility index (Phi) is 5.71. The van der Waals surface area contributed by atoms with Gasteiger partial charge in [0.05, 0.1) is 6.04 Å². The maximum Gasteiger partial charge on any atom is 0.317 e. The van der Waals surface area contributed by atoms with Crippen molar-refractivity contribution in [3.63, 3.8) is 0 Å². The molecular formula is C17H29N5O2. The summed E-state index contributed by atoms with van der Waals surface area (Å²) in [7, 11) is 0. The van der Waals surface area contributed by atoms with E-state index in [1.165, 1.54) is 19.3 Å². The molecule has 2 fully saturated rings. The van der Waals surface area contributed by atoms with Gasteiger partial charge in [0, 0.05) is 38.6 Å². The molecule has 1 aliphatic heterocycles. The van der Waals surface area contributed by atoms with E-state index in [-0.39, 0.29) is 12.1 Å². The number of hydrogen-bond donors (Lipinski definition) is 1. The van der Waals surface area contributed by atoms with Crippen LogP contribution in [0.4, 0.5) is 4.79 Å². The smallest absolute Gasteiger partial charge is 0.317 e. The zero-order valence-corrected chi connectivity index (χ0v) is 14.8.